The quantitative estimate of drug-likeness (QED) is 0.597. The standard InChI is InChI=1S/C22H25N3O2S/c1-16-3-9-19(10-4-16)28-20-11-13-25(14-12-20)15-21-23-22(24-27-21)17-5-7-18(26-2)8-6-17/h3-10,20H,11-15H2,1-2H3. The summed E-state index contributed by atoms with van der Waals surface area (Å²) in [5.41, 5.74) is 2.25. The molecule has 0 radical (unpaired) electrons. The van der Waals surface area contributed by atoms with E-state index in [9.17, 15) is 0 Å². The predicted octanol–water partition coefficient (Wildman–Crippen LogP) is 4.81. The number of methoxy groups -OCH3 is 1. The fraction of sp³-hybridized carbons (Fsp3) is 0.364. The molecule has 6 heteroatoms. The molecule has 0 atom stereocenters. The summed E-state index contributed by atoms with van der Waals surface area (Å²) in [6.45, 7) is 4.96. The van der Waals surface area contributed by atoms with Crippen LogP contribution in [0.25, 0.3) is 11.4 Å². The fourth-order valence-electron chi connectivity index (χ4n) is 3.36. The van der Waals surface area contributed by atoms with Gasteiger partial charge in [-0.05, 0) is 69.3 Å². The predicted molar refractivity (Wildman–Crippen MR) is 112 cm³/mol. The molecule has 1 aliphatic rings. The monoisotopic (exact) mass is 395 g/mol. The number of piperidine rings is 1. The van der Waals surface area contributed by atoms with Crippen molar-refractivity contribution >= 4 is 11.8 Å². The Morgan fingerprint density at radius 2 is 1.79 bits per heavy atom. The molecule has 0 aliphatic carbocycles. The minimum Gasteiger partial charge on any atom is -0.497 e. The van der Waals surface area contributed by atoms with E-state index in [0.29, 0.717) is 23.5 Å². The van der Waals surface area contributed by atoms with Crippen molar-refractivity contribution in [3.63, 3.8) is 0 Å². The lowest BCUT2D eigenvalue weighted by molar-refractivity contribution is 0.196. The Kier molecular flexibility index (Phi) is 5.98. The molecule has 0 bridgehead atoms. The Bertz CT molecular complexity index is 885. The Balaban J connectivity index is 1.29. The lowest BCUT2D eigenvalue weighted by atomic mass is 10.1. The third-order valence-electron chi connectivity index (χ3n) is 5.03. The van der Waals surface area contributed by atoms with Gasteiger partial charge in [-0.1, -0.05) is 22.9 Å². The van der Waals surface area contributed by atoms with Crippen molar-refractivity contribution in [3.05, 3.63) is 60.0 Å². The smallest absolute Gasteiger partial charge is 0.241 e. The molecule has 1 aliphatic heterocycles. The van der Waals surface area contributed by atoms with Crippen molar-refractivity contribution in [1.29, 1.82) is 0 Å². The van der Waals surface area contributed by atoms with E-state index >= 15 is 0 Å². The molecule has 2 heterocycles. The Morgan fingerprint density at radius 1 is 1.07 bits per heavy atom. The normalized spacial score (nSPS) is 15.6. The lowest BCUT2D eigenvalue weighted by Crippen LogP contribution is -2.34. The molecule has 2 aromatic carbocycles. The molecule has 1 fully saturated rings. The number of hydrogen-bond acceptors (Lipinski definition) is 6. The topological polar surface area (TPSA) is 51.4 Å². The van der Waals surface area contributed by atoms with Crippen molar-refractivity contribution in [2.75, 3.05) is 20.2 Å². The number of ether oxygens (including phenoxy) is 1. The zero-order valence-electron chi connectivity index (χ0n) is 16.3. The van der Waals surface area contributed by atoms with E-state index in [1.54, 1.807) is 7.11 Å². The van der Waals surface area contributed by atoms with Gasteiger partial charge in [0.05, 0.1) is 13.7 Å². The van der Waals surface area contributed by atoms with Crippen LogP contribution in [0.5, 0.6) is 5.75 Å². The summed E-state index contributed by atoms with van der Waals surface area (Å²) in [6, 6.07) is 16.5. The van der Waals surface area contributed by atoms with E-state index in [4.69, 9.17) is 9.26 Å². The molecule has 3 aromatic rings. The van der Waals surface area contributed by atoms with Gasteiger partial charge in [-0.3, -0.25) is 4.90 Å². The van der Waals surface area contributed by atoms with Crippen LogP contribution in [0.2, 0.25) is 0 Å². The number of benzene rings is 2. The van der Waals surface area contributed by atoms with Gasteiger partial charge in [-0.2, -0.15) is 4.98 Å². The van der Waals surface area contributed by atoms with Crippen LogP contribution in [0.15, 0.2) is 57.9 Å². The van der Waals surface area contributed by atoms with Crippen molar-refractivity contribution < 1.29 is 9.26 Å². The number of hydrogen-bond donors (Lipinski definition) is 0. The van der Waals surface area contributed by atoms with Crippen LogP contribution >= 0.6 is 11.8 Å². The molecule has 0 amide bonds. The first-order chi connectivity index (χ1) is 13.7. The number of aryl methyl sites for hydroxylation is 1. The molecule has 0 saturated carbocycles. The molecule has 0 N–H and O–H groups in total. The van der Waals surface area contributed by atoms with E-state index in [-0.39, 0.29) is 0 Å². The molecule has 1 saturated heterocycles. The van der Waals surface area contributed by atoms with E-state index in [0.717, 1.165) is 24.4 Å². The SMILES string of the molecule is COc1ccc(-c2noc(CN3CCC(Sc4ccc(C)cc4)CC3)n2)cc1. The molecule has 146 valence electrons. The number of likely N-dealkylation sites (tertiary alicyclic amines) is 1. The highest BCUT2D eigenvalue weighted by molar-refractivity contribution is 8.00. The Hall–Kier alpha value is -2.31. The van der Waals surface area contributed by atoms with Crippen LogP contribution in [0.1, 0.15) is 24.3 Å². The van der Waals surface area contributed by atoms with Crippen LogP contribution in [0.3, 0.4) is 0 Å². The van der Waals surface area contributed by atoms with Gasteiger partial charge in [0.2, 0.25) is 11.7 Å². The maximum Gasteiger partial charge on any atom is 0.241 e. The van der Waals surface area contributed by atoms with Gasteiger partial charge in [0.1, 0.15) is 5.75 Å². The molecule has 28 heavy (non-hydrogen) atoms. The third kappa shape index (κ3) is 4.75. The molecular weight excluding hydrogens is 370 g/mol. The summed E-state index contributed by atoms with van der Waals surface area (Å²) in [5, 5.41) is 4.80. The van der Waals surface area contributed by atoms with Crippen LogP contribution < -0.4 is 4.74 Å². The van der Waals surface area contributed by atoms with Crippen LogP contribution in [-0.4, -0.2) is 40.5 Å². The summed E-state index contributed by atoms with van der Waals surface area (Å²) in [7, 11) is 1.66. The van der Waals surface area contributed by atoms with E-state index in [1.807, 2.05) is 36.0 Å². The van der Waals surface area contributed by atoms with E-state index in [2.05, 4.69) is 46.2 Å². The average molecular weight is 396 g/mol. The van der Waals surface area contributed by atoms with E-state index < -0.39 is 0 Å². The highest BCUT2D eigenvalue weighted by Gasteiger charge is 2.22. The Morgan fingerprint density at radius 3 is 2.46 bits per heavy atom. The second kappa shape index (κ2) is 8.80. The Labute approximate surface area is 170 Å². The first-order valence-electron chi connectivity index (χ1n) is 9.62. The molecular formula is C22H25N3O2S. The minimum absolute atomic E-state index is 0.627. The zero-order chi connectivity index (χ0) is 19.3. The second-order valence-electron chi connectivity index (χ2n) is 7.15. The van der Waals surface area contributed by atoms with Crippen molar-refractivity contribution in [2.45, 2.75) is 36.5 Å². The summed E-state index contributed by atoms with van der Waals surface area (Å²) in [6.07, 6.45) is 2.36. The second-order valence-corrected chi connectivity index (χ2v) is 8.52. The molecule has 0 unspecified atom stereocenters. The number of rotatable bonds is 6. The van der Waals surface area contributed by atoms with Gasteiger partial charge in [0.25, 0.3) is 0 Å². The summed E-state index contributed by atoms with van der Waals surface area (Å²) >= 11 is 2.00. The zero-order valence-corrected chi connectivity index (χ0v) is 17.1. The largest absolute Gasteiger partial charge is 0.497 e. The first kappa shape index (κ1) is 19.0. The highest BCUT2D eigenvalue weighted by Crippen LogP contribution is 2.31. The molecule has 1 aromatic heterocycles. The van der Waals surface area contributed by atoms with Gasteiger partial charge in [0, 0.05) is 15.7 Å². The van der Waals surface area contributed by atoms with Crippen LogP contribution in [0.4, 0.5) is 0 Å². The summed E-state index contributed by atoms with van der Waals surface area (Å²) in [5.74, 6) is 2.12. The fourth-order valence-corrected chi connectivity index (χ4v) is 4.49. The molecule has 0 spiro atoms. The third-order valence-corrected chi connectivity index (χ3v) is 6.38. The van der Waals surface area contributed by atoms with Crippen LogP contribution in [0, 0.1) is 6.92 Å². The molecule has 4 rings (SSSR count). The minimum atomic E-state index is 0.627. The number of aromatic nitrogens is 2. The highest BCUT2D eigenvalue weighted by atomic mass is 32.2. The lowest BCUT2D eigenvalue weighted by Gasteiger charge is -2.30. The first-order valence-corrected chi connectivity index (χ1v) is 10.5. The van der Waals surface area contributed by atoms with Crippen molar-refractivity contribution in [3.8, 4) is 17.1 Å². The van der Waals surface area contributed by atoms with Crippen molar-refractivity contribution in [2.24, 2.45) is 0 Å². The number of nitrogens with zero attached hydrogens (tertiary/aromatic N) is 3. The van der Waals surface area contributed by atoms with E-state index in [1.165, 1.54) is 23.3 Å². The summed E-state index contributed by atoms with van der Waals surface area (Å²) in [4.78, 5) is 8.33. The van der Waals surface area contributed by atoms with Crippen LogP contribution in [-0.2, 0) is 6.54 Å². The van der Waals surface area contributed by atoms with Gasteiger partial charge >= 0.3 is 0 Å². The van der Waals surface area contributed by atoms with Gasteiger partial charge in [-0.15, -0.1) is 11.8 Å². The number of thioether (sulfide) groups is 1. The summed E-state index contributed by atoms with van der Waals surface area (Å²) < 4.78 is 10.7. The van der Waals surface area contributed by atoms with Gasteiger partial charge < -0.3 is 9.26 Å². The van der Waals surface area contributed by atoms with Gasteiger partial charge in [0.15, 0.2) is 0 Å². The maximum atomic E-state index is 5.47. The van der Waals surface area contributed by atoms with Crippen molar-refractivity contribution in [1.82, 2.24) is 15.0 Å². The average Bonchev–Trinajstić information content (AvgIpc) is 3.20. The molecule has 5 nitrogen and oxygen atoms in total. The van der Waals surface area contributed by atoms with Gasteiger partial charge in [-0.25, -0.2) is 0 Å². The maximum absolute atomic E-state index is 5.47.